The van der Waals surface area contributed by atoms with Gasteiger partial charge in [-0.3, -0.25) is 0 Å². The molecule has 3 aromatic rings. The van der Waals surface area contributed by atoms with Gasteiger partial charge >= 0.3 is 0 Å². The Hall–Kier alpha value is -2.11. The first-order chi connectivity index (χ1) is 13.5. The van der Waals surface area contributed by atoms with Crippen LogP contribution in [0.4, 0.5) is 4.39 Å². The quantitative estimate of drug-likeness (QED) is 0.503. The first-order valence-electron chi connectivity index (χ1n) is 8.82. The Kier molecular flexibility index (Phi) is 7.29. The molecule has 28 heavy (non-hydrogen) atoms. The van der Waals surface area contributed by atoms with Gasteiger partial charge in [-0.15, -0.1) is 0 Å². The summed E-state index contributed by atoms with van der Waals surface area (Å²) in [5.41, 5.74) is 1.95. The summed E-state index contributed by atoms with van der Waals surface area (Å²) < 4.78 is 19.7. The van der Waals surface area contributed by atoms with Crippen LogP contribution < -0.4 is 10.1 Å². The molecule has 2 N–H and O–H groups in total. The van der Waals surface area contributed by atoms with Gasteiger partial charge in [-0.25, -0.2) is 4.39 Å². The summed E-state index contributed by atoms with van der Waals surface area (Å²) in [4.78, 5) is 0. The molecule has 6 heteroatoms. The molecule has 0 amide bonds. The fourth-order valence-corrected chi connectivity index (χ4v) is 3.20. The molecule has 3 rings (SSSR count). The number of aliphatic hydroxyl groups excluding tert-OH is 1. The van der Waals surface area contributed by atoms with Gasteiger partial charge in [0, 0.05) is 29.2 Å². The molecule has 0 bridgehead atoms. The molecule has 0 unspecified atom stereocenters. The summed E-state index contributed by atoms with van der Waals surface area (Å²) in [6.07, 6.45) is -0.623. The molecule has 0 aliphatic heterocycles. The van der Waals surface area contributed by atoms with Gasteiger partial charge in [-0.05, 0) is 35.9 Å². The van der Waals surface area contributed by atoms with Crippen LogP contribution in [0.3, 0.4) is 0 Å². The standard InChI is InChI=1S/C22H20Cl2FNO2/c23-17-9-10-22(28-14-18-19(24)7-4-8-20(18)25)16(11-17)12-26-13-21(27)15-5-2-1-3-6-15/h1-11,21,26-27H,12-14H2/t21-/m1/s1. The fraction of sp³-hybridized carbons (Fsp3) is 0.182. The number of nitrogens with one attached hydrogen (secondary N) is 1. The fourth-order valence-electron chi connectivity index (χ4n) is 2.78. The maximum atomic E-state index is 13.9. The van der Waals surface area contributed by atoms with Crippen molar-refractivity contribution < 1.29 is 14.2 Å². The van der Waals surface area contributed by atoms with Gasteiger partial charge in [0.25, 0.3) is 0 Å². The van der Waals surface area contributed by atoms with E-state index in [9.17, 15) is 9.50 Å². The van der Waals surface area contributed by atoms with Crippen LogP contribution >= 0.6 is 23.2 Å². The number of aliphatic hydroxyl groups is 1. The molecule has 3 aromatic carbocycles. The van der Waals surface area contributed by atoms with Crippen molar-refractivity contribution in [2.24, 2.45) is 0 Å². The Bertz CT molecular complexity index is 901. The third kappa shape index (κ3) is 5.46. The topological polar surface area (TPSA) is 41.5 Å². The predicted molar refractivity (Wildman–Crippen MR) is 110 cm³/mol. The van der Waals surface area contributed by atoms with Crippen LogP contribution in [-0.2, 0) is 13.2 Å². The molecular weight excluding hydrogens is 400 g/mol. The highest BCUT2D eigenvalue weighted by molar-refractivity contribution is 6.31. The van der Waals surface area contributed by atoms with Crippen LogP contribution in [0.1, 0.15) is 22.8 Å². The normalized spacial score (nSPS) is 12.0. The first kappa shape index (κ1) is 20.6. The van der Waals surface area contributed by atoms with E-state index in [1.54, 1.807) is 30.3 Å². The smallest absolute Gasteiger partial charge is 0.131 e. The van der Waals surface area contributed by atoms with Crippen LogP contribution in [0.5, 0.6) is 5.75 Å². The summed E-state index contributed by atoms with van der Waals surface area (Å²) in [5.74, 6) is 0.164. The first-order valence-corrected chi connectivity index (χ1v) is 9.58. The Labute approximate surface area is 173 Å². The molecule has 0 fully saturated rings. The number of rotatable bonds is 8. The lowest BCUT2D eigenvalue weighted by Crippen LogP contribution is -2.21. The molecule has 0 heterocycles. The Morgan fingerprint density at radius 3 is 2.54 bits per heavy atom. The number of hydrogen-bond donors (Lipinski definition) is 2. The lowest BCUT2D eigenvalue weighted by Gasteiger charge is -2.15. The third-order valence-corrected chi connectivity index (χ3v) is 4.88. The third-order valence-electron chi connectivity index (χ3n) is 4.29. The molecule has 0 aliphatic rings. The van der Waals surface area contributed by atoms with Crippen molar-refractivity contribution in [2.45, 2.75) is 19.3 Å². The van der Waals surface area contributed by atoms with Crippen LogP contribution in [-0.4, -0.2) is 11.7 Å². The van der Waals surface area contributed by atoms with Gasteiger partial charge < -0.3 is 15.2 Å². The minimum atomic E-state index is -0.623. The minimum Gasteiger partial charge on any atom is -0.488 e. The highest BCUT2D eigenvalue weighted by Gasteiger charge is 2.11. The number of halogens is 3. The molecule has 146 valence electrons. The molecular formula is C22H20Cl2FNO2. The highest BCUT2D eigenvalue weighted by Crippen LogP contribution is 2.26. The van der Waals surface area contributed by atoms with Crippen molar-refractivity contribution >= 4 is 23.2 Å². The van der Waals surface area contributed by atoms with Crippen LogP contribution in [0.15, 0.2) is 66.7 Å². The minimum absolute atomic E-state index is 0.00673. The van der Waals surface area contributed by atoms with E-state index in [0.717, 1.165) is 11.1 Å². The van der Waals surface area contributed by atoms with Gasteiger partial charge in [-0.2, -0.15) is 0 Å². The lowest BCUT2D eigenvalue weighted by atomic mass is 10.1. The van der Waals surface area contributed by atoms with Gasteiger partial charge in [-0.1, -0.05) is 59.6 Å². The van der Waals surface area contributed by atoms with Gasteiger partial charge in [0.2, 0.25) is 0 Å². The van der Waals surface area contributed by atoms with Crippen molar-refractivity contribution in [1.82, 2.24) is 5.32 Å². The molecule has 3 nitrogen and oxygen atoms in total. The van der Waals surface area contributed by atoms with E-state index in [-0.39, 0.29) is 6.61 Å². The zero-order chi connectivity index (χ0) is 19.9. The van der Waals surface area contributed by atoms with Crippen molar-refractivity contribution in [1.29, 1.82) is 0 Å². The van der Waals surface area contributed by atoms with Crippen LogP contribution in [0.2, 0.25) is 10.0 Å². The van der Waals surface area contributed by atoms with Crippen molar-refractivity contribution in [3.05, 3.63) is 99.3 Å². The van der Waals surface area contributed by atoms with E-state index >= 15 is 0 Å². The average molecular weight is 420 g/mol. The van der Waals surface area contributed by atoms with Gasteiger partial charge in [0.15, 0.2) is 0 Å². The molecule has 0 radical (unpaired) electrons. The van der Waals surface area contributed by atoms with Crippen molar-refractivity contribution in [2.75, 3.05) is 6.54 Å². The van der Waals surface area contributed by atoms with Gasteiger partial charge in [0.1, 0.15) is 18.2 Å². The average Bonchev–Trinajstić information content (AvgIpc) is 2.69. The molecule has 0 saturated heterocycles. The maximum Gasteiger partial charge on any atom is 0.131 e. The largest absolute Gasteiger partial charge is 0.488 e. The summed E-state index contributed by atoms with van der Waals surface area (Å²) in [7, 11) is 0. The van der Waals surface area contributed by atoms with Crippen molar-refractivity contribution in [3.8, 4) is 5.75 Å². The zero-order valence-corrected chi connectivity index (χ0v) is 16.6. The summed E-state index contributed by atoms with van der Waals surface area (Å²) in [6, 6.07) is 19.2. The SMILES string of the molecule is O[C@H](CNCc1cc(Cl)ccc1OCc1c(F)cccc1Cl)c1ccccc1. The molecule has 1 atom stereocenters. The van der Waals surface area contributed by atoms with E-state index in [1.165, 1.54) is 6.07 Å². The summed E-state index contributed by atoms with van der Waals surface area (Å²) in [6.45, 7) is 0.812. The Morgan fingerprint density at radius 2 is 1.79 bits per heavy atom. The second kappa shape index (κ2) is 9.89. The second-order valence-electron chi connectivity index (χ2n) is 6.30. The van der Waals surface area contributed by atoms with E-state index in [1.807, 2.05) is 30.3 Å². The number of hydrogen-bond acceptors (Lipinski definition) is 3. The van der Waals surface area contributed by atoms with E-state index in [4.69, 9.17) is 27.9 Å². The summed E-state index contributed by atoms with van der Waals surface area (Å²) >= 11 is 12.2. The zero-order valence-electron chi connectivity index (χ0n) is 15.0. The van der Waals surface area contributed by atoms with E-state index in [0.29, 0.717) is 34.4 Å². The highest BCUT2D eigenvalue weighted by atomic mass is 35.5. The molecule has 0 aliphatic carbocycles. The van der Waals surface area contributed by atoms with E-state index < -0.39 is 11.9 Å². The number of ether oxygens (including phenoxy) is 1. The lowest BCUT2D eigenvalue weighted by molar-refractivity contribution is 0.174. The monoisotopic (exact) mass is 419 g/mol. The van der Waals surface area contributed by atoms with Crippen LogP contribution in [0.25, 0.3) is 0 Å². The van der Waals surface area contributed by atoms with Crippen molar-refractivity contribution in [3.63, 3.8) is 0 Å². The number of benzene rings is 3. The second-order valence-corrected chi connectivity index (χ2v) is 7.14. The Balaban J connectivity index is 1.64. The maximum absolute atomic E-state index is 13.9. The predicted octanol–water partition coefficient (Wildman–Crippen LogP) is 5.53. The molecule has 0 saturated carbocycles. The Morgan fingerprint density at radius 1 is 1.00 bits per heavy atom. The summed E-state index contributed by atoms with van der Waals surface area (Å²) in [5, 5.41) is 14.3. The van der Waals surface area contributed by atoms with Crippen LogP contribution in [0, 0.1) is 5.82 Å². The van der Waals surface area contributed by atoms with Gasteiger partial charge in [0.05, 0.1) is 11.1 Å². The molecule has 0 aromatic heterocycles. The molecule has 0 spiro atoms. The van der Waals surface area contributed by atoms with E-state index in [2.05, 4.69) is 5.32 Å².